The third-order valence-electron chi connectivity index (χ3n) is 2.59. The molecule has 11 heavy (non-hydrogen) atoms. The summed E-state index contributed by atoms with van der Waals surface area (Å²) in [7, 11) is 0. The highest BCUT2D eigenvalue weighted by Gasteiger charge is 2.30. The van der Waals surface area contributed by atoms with Gasteiger partial charge in [0.15, 0.2) is 0 Å². The number of nitrogens with two attached hydrogens (primary N) is 1. The first-order valence-corrected chi connectivity index (χ1v) is 4.43. The van der Waals surface area contributed by atoms with E-state index < -0.39 is 0 Å². The van der Waals surface area contributed by atoms with Crippen LogP contribution in [0.3, 0.4) is 0 Å². The highest BCUT2D eigenvalue weighted by molar-refractivity contribution is 4.88. The van der Waals surface area contributed by atoms with Crippen LogP contribution in [-0.4, -0.2) is 43.3 Å². The van der Waals surface area contributed by atoms with E-state index >= 15 is 0 Å². The Morgan fingerprint density at radius 3 is 2.73 bits per heavy atom. The van der Waals surface area contributed by atoms with Crippen molar-refractivity contribution in [2.45, 2.75) is 24.9 Å². The van der Waals surface area contributed by atoms with E-state index in [1.807, 2.05) is 0 Å². The molecule has 3 heteroatoms. The van der Waals surface area contributed by atoms with Gasteiger partial charge in [0, 0.05) is 31.8 Å². The fourth-order valence-electron chi connectivity index (χ4n) is 1.86. The molecule has 2 N–H and O–H groups in total. The molecule has 1 unspecified atom stereocenters. The van der Waals surface area contributed by atoms with Crippen molar-refractivity contribution in [3.05, 3.63) is 0 Å². The predicted octanol–water partition coefficient (Wildman–Crippen LogP) is -0.192. The van der Waals surface area contributed by atoms with E-state index in [0.717, 1.165) is 26.3 Å². The van der Waals surface area contributed by atoms with Gasteiger partial charge in [-0.05, 0) is 12.8 Å². The second-order valence-corrected chi connectivity index (χ2v) is 3.58. The lowest BCUT2D eigenvalue weighted by molar-refractivity contribution is -0.0133. The molecule has 0 saturated carbocycles. The average molecular weight is 156 g/mol. The molecule has 2 rings (SSSR count). The Balaban J connectivity index is 1.76. The maximum atomic E-state index is 5.69. The normalized spacial score (nSPS) is 35.2. The summed E-state index contributed by atoms with van der Waals surface area (Å²) >= 11 is 0. The van der Waals surface area contributed by atoms with Gasteiger partial charge in [0.1, 0.15) is 0 Å². The molecule has 2 saturated heterocycles. The van der Waals surface area contributed by atoms with Gasteiger partial charge in [-0.3, -0.25) is 4.90 Å². The average Bonchev–Trinajstić information content (AvgIpc) is 2.01. The van der Waals surface area contributed by atoms with Gasteiger partial charge in [-0.2, -0.15) is 0 Å². The molecule has 64 valence electrons. The van der Waals surface area contributed by atoms with E-state index in [1.54, 1.807) is 0 Å². The van der Waals surface area contributed by atoms with Gasteiger partial charge in [0.05, 0.1) is 6.61 Å². The predicted molar refractivity (Wildman–Crippen MR) is 43.4 cm³/mol. The summed E-state index contributed by atoms with van der Waals surface area (Å²) in [6.07, 6.45) is 2.52. The summed E-state index contributed by atoms with van der Waals surface area (Å²) in [4.78, 5) is 2.43. The van der Waals surface area contributed by atoms with Crippen LogP contribution in [0.25, 0.3) is 0 Å². The zero-order chi connectivity index (χ0) is 7.68. The van der Waals surface area contributed by atoms with Crippen LogP contribution < -0.4 is 5.73 Å². The Bertz CT molecular complexity index is 128. The molecule has 2 aliphatic heterocycles. The molecule has 3 nitrogen and oxygen atoms in total. The highest BCUT2D eigenvalue weighted by Crippen LogP contribution is 2.18. The third-order valence-corrected chi connectivity index (χ3v) is 2.59. The van der Waals surface area contributed by atoms with Crippen molar-refractivity contribution in [1.82, 2.24) is 4.90 Å². The maximum Gasteiger partial charge on any atom is 0.0621 e. The molecule has 0 aromatic heterocycles. The first kappa shape index (κ1) is 7.53. The number of hydrogen-bond donors (Lipinski definition) is 1. The quantitative estimate of drug-likeness (QED) is 0.572. The van der Waals surface area contributed by atoms with Gasteiger partial charge in [-0.15, -0.1) is 0 Å². The summed E-state index contributed by atoms with van der Waals surface area (Å²) in [5.74, 6) is 0. The topological polar surface area (TPSA) is 38.5 Å². The van der Waals surface area contributed by atoms with E-state index in [-0.39, 0.29) is 0 Å². The first-order chi connectivity index (χ1) is 5.36. The van der Waals surface area contributed by atoms with Gasteiger partial charge in [-0.25, -0.2) is 0 Å². The molecular formula is C8H16N2O. The van der Waals surface area contributed by atoms with Crippen LogP contribution >= 0.6 is 0 Å². The smallest absolute Gasteiger partial charge is 0.0621 e. The minimum Gasteiger partial charge on any atom is -0.380 e. The van der Waals surface area contributed by atoms with Gasteiger partial charge < -0.3 is 10.5 Å². The lowest BCUT2D eigenvalue weighted by Crippen LogP contribution is -2.60. The van der Waals surface area contributed by atoms with Gasteiger partial charge in [0.25, 0.3) is 0 Å². The van der Waals surface area contributed by atoms with Crippen LogP contribution in [0.5, 0.6) is 0 Å². The maximum absolute atomic E-state index is 5.69. The van der Waals surface area contributed by atoms with Gasteiger partial charge >= 0.3 is 0 Å². The molecule has 0 spiro atoms. The third kappa shape index (κ3) is 1.55. The van der Waals surface area contributed by atoms with Crippen LogP contribution in [0.1, 0.15) is 12.8 Å². The van der Waals surface area contributed by atoms with Crippen molar-refractivity contribution in [1.29, 1.82) is 0 Å². The van der Waals surface area contributed by atoms with Crippen molar-refractivity contribution < 1.29 is 4.74 Å². The lowest BCUT2D eigenvalue weighted by Gasteiger charge is -2.43. The molecular weight excluding hydrogens is 140 g/mol. The van der Waals surface area contributed by atoms with Crippen LogP contribution in [0.2, 0.25) is 0 Å². The van der Waals surface area contributed by atoms with Crippen molar-refractivity contribution in [2.24, 2.45) is 5.73 Å². The number of nitrogens with zero attached hydrogens (tertiary/aromatic N) is 1. The Morgan fingerprint density at radius 2 is 2.18 bits per heavy atom. The summed E-state index contributed by atoms with van der Waals surface area (Å²) in [6.45, 7) is 4.03. The Labute approximate surface area is 67.5 Å². The standard InChI is InChI=1S/C8H16N2O/c9-7-4-10(5-7)8-2-1-3-11-6-8/h7-8H,1-6,9H2. The molecule has 2 aliphatic rings. The molecule has 0 aromatic carbocycles. The van der Waals surface area contributed by atoms with Crippen LogP contribution in [-0.2, 0) is 4.74 Å². The minimum absolute atomic E-state index is 0.428. The van der Waals surface area contributed by atoms with Crippen LogP contribution in [0.15, 0.2) is 0 Å². The fourth-order valence-corrected chi connectivity index (χ4v) is 1.86. The Morgan fingerprint density at radius 1 is 1.36 bits per heavy atom. The van der Waals surface area contributed by atoms with Crippen molar-refractivity contribution >= 4 is 0 Å². The highest BCUT2D eigenvalue weighted by atomic mass is 16.5. The summed E-state index contributed by atoms with van der Waals surface area (Å²) < 4.78 is 5.39. The van der Waals surface area contributed by atoms with Crippen LogP contribution in [0.4, 0.5) is 0 Å². The summed E-state index contributed by atoms with van der Waals surface area (Å²) in [6, 6.07) is 1.10. The zero-order valence-corrected chi connectivity index (χ0v) is 6.83. The number of rotatable bonds is 1. The minimum atomic E-state index is 0.428. The lowest BCUT2D eigenvalue weighted by atomic mass is 10.0. The monoisotopic (exact) mass is 156 g/mol. The largest absolute Gasteiger partial charge is 0.380 e. The fraction of sp³-hybridized carbons (Fsp3) is 1.00. The molecule has 0 radical (unpaired) electrons. The van der Waals surface area contributed by atoms with Gasteiger partial charge in [-0.1, -0.05) is 0 Å². The number of hydrogen-bond acceptors (Lipinski definition) is 3. The van der Waals surface area contributed by atoms with E-state index in [4.69, 9.17) is 10.5 Å². The van der Waals surface area contributed by atoms with Crippen molar-refractivity contribution in [2.75, 3.05) is 26.3 Å². The van der Waals surface area contributed by atoms with E-state index in [9.17, 15) is 0 Å². The SMILES string of the molecule is NC1CN(C2CCCOC2)C1. The number of likely N-dealkylation sites (tertiary alicyclic amines) is 1. The Hall–Kier alpha value is -0.120. The second kappa shape index (κ2) is 3.09. The van der Waals surface area contributed by atoms with Crippen LogP contribution in [0, 0.1) is 0 Å². The van der Waals surface area contributed by atoms with E-state index in [0.29, 0.717) is 12.1 Å². The Kier molecular flexibility index (Phi) is 2.11. The van der Waals surface area contributed by atoms with E-state index in [2.05, 4.69) is 4.90 Å². The van der Waals surface area contributed by atoms with Crippen molar-refractivity contribution in [3.63, 3.8) is 0 Å². The molecule has 2 heterocycles. The molecule has 0 aromatic rings. The summed E-state index contributed by atoms with van der Waals surface area (Å²) in [5, 5.41) is 0. The zero-order valence-electron chi connectivity index (χ0n) is 6.83. The summed E-state index contributed by atoms with van der Waals surface area (Å²) in [5.41, 5.74) is 5.69. The first-order valence-electron chi connectivity index (χ1n) is 4.43. The number of ether oxygens (including phenoxy) is 1. The molecule has 2 fully saturated rings. The molecule has 0 bridgehead atoms. The van der Waals surface area contributed by atoms with Crippen molar-refractivity contribution in [3.8, 4) is 0 Å². The molecule has 0 aliphatic carbocycles. The molecule has 0 amide bonds. The second-order valence-electron chi connectivity index (χ2n) is 3.58. The molecule has 1 atom stereocenters. The van der Waals surface area contributed by atoms with E-state index in [1.165, 1.54) is 12.8 Å². The van der Waals surface area contributed by atoms with Gasteiger partial charge in [0.2, 0.25) is 0 Å².